The summed E-state index contributed by atoms with van der Waals surface area (Å²) in [5, 5.41) is 9.27. The van der Waals surface area contributed by atoms with E-state index in [0.29, 0.717) is 25.7 Å². The van der Waals surface area contributed by atoms with E-state index in [4.69, 9.17) is 17.3 Å². The van der Waals surface area contributed by atoms with Crippen LogP contribution >= 0.6 is 11.6 Å². The van der Waals surface area contributed by atoms with Crippen molar-refractivity contribution in [2.24, 2.45) is 5.41 Å². The number of nitriles is 1. The van der Waals surface area contributed by atoms with Crippen LogP contribution in [0, 0.1) is 16.7 Å². The van der Waals surface area contributed by atoms with Gasteiger partial charge in [-0.1, -0.05) is 17.7 Å². The molecule has 3 saturated carbocycles. The van der Waals surface area contributed by atoms with Gasteiger partial charge in [-0.2, -0.15) is 28.4 Å². The topological polar surface area (TPSA) is 139 Å². The number of benzene rings is 1. The molecule has 0 amide bonds. The summed E-state index contributed by atoms with van der Waals surface area (Å²) in [7, 11) is -4.05. The molecule has 14 heteroatoms. The summed E-state index contributed by atoms with van der Waals surface area (Å²) in [6.45, 7) is 0. The maximum absolute atomic E-state index is 13.1. The number of nitrogens with one attached hydrogen (secondary N) is 1. The number of nitrogens with zero attached hydrogens (tertiary/aromatic N) is 5. The van der Waals surface area contributed by atoms with Crippen molar-refractivity contribution in [3.8, 4) is 17.3 Å². The third kappa shape index (κ3) is 3.49. The van der Waals surface area contributed by atoms with E-state index in [0.717, 1.165) is 4.40 Å². The lowest BCUT2D eigenvalue weighted by Gasteiger charge is -2.43. The lowest BCUT2D eigenvalue weighted by Crippen LogP contribution is -2.55. The quantitative estimate of drug-likeness (QED) is 0.564. The van der Waals surface area contributed by atoms with Crippen LogP contribution < -0.4 is 10.5 Å². The van der Waals surface area contributed by atoms with Crippen molar-refractivity contribution in [1.29, 1.82) is 5.26 Å². The average Bonchev–Trinajstić information content (AvgIpc) is 3.38. The number of nitrogens with two attached hydrogens (primary N) is 1. The van der Waals surface area contributed by atoms with Crippen molar-refractivity contribution in [2.45, 2.75) is 42.3 Å². The van der Waals surface area contributed by atoms with Crippen molar-refractivity contribution in [1.82, 2.24) is 24.1 Å². The fraction of sp³-hybridized carbons (Fsp3) is 0.368. The zero-order chi connectivity index (χ0) is 23.8. The van der Waals surface area contributed by atoms with Crippen LogP contribution in [0.15, 0.2) is 29.3 Å². The Morgan fingerprint density at radius 1 is 1.21 bits per heavy atom. The van der Waals surface area contributed by atoms with Crippen LogP contribution in [-0.2, 0) is 16.2 Å². The number of imidazole rings is 1. The fourth-order valence-electron chi connectivity index (χ4n) is 4.71. The zero-order valence-corrected chi connectivity index (χ0v) is 18.3. The van der Waals surface area contributed by atoms with Gasteiger partial charge in [0.15, 0.2) is 0 Å². The van der Waals surface area contributed by atoms with Crippen LogP contribution in [-0.4, -0.2) is 33.3 Å². The van der Waals surface area contributed by atoms with E-state index in [1.165, 1.54) is 24.4 Å². The third-order valence-corrected chi connectivity index (χ3v) is 8.21. The van der Waals surface area contributed by atoms with Crippen LogP contribution in [0.1, 0.15) is 31.5 Å². The zero-order valence-electron chi connectivity index (χ0n) is 16.7. The lowest BCUT2D eigenvalue weighted by molar-refractivity contribution is -0.144. The summed E-state index contributed by atoms with van der Waals surface area (Å²) >= 11 is 6.18. The Morgan fingerprint density at radius 2 is 1.94 bits per heavy atom. The summed E-state index contributed by atoms with van der Waals surface area (Å²) in [6, 6.07) is 6.39. The molecule has 0 aliphatic heterocycles. The summed E-state index contributed by atoms with van der Waals surface area (Å²) in [5.74, 6) is -2.24. The highest BCUT2D eigenvalue weighted by molar-refractivity contribution is 7.89. The Labute approximate surface area is 190 Å². The van der Waals surface area contributed by atoms with Gasteiger partial charge in [-0.05, 0) is 37.8 Å². The second-order valence-corrected chi connectivity index (χ2v) is 10.5. The van der Waals surface area contributed by atoms with Crippen molar-refractivity contribution >= 4 is 33.4 Å². The molecule has 172 valence electrons. The number of anilines is 1. The second-order valence-electron chi connectivity index (χ2n) is 8.48. The van der Waals surface area contributed by atoms with Gasteiger partial charge in [0.1, 0.15) is 4.90 Å². The summed E-state index contributed by atoms with van der Waals surface area (Å²) < 4.78 is 68.9. The van der Waals surface area contributed by atoms with Crippen LogP contribution in [0.25, 0.3) is 17.0 Å². The fourth-order valence-corrected chi connectivity index (χ4v) is 6.66. The van der Waals surface area contributed by atoms with Gasteiger partial charge in [0.25, 0.3) is 0 Å². The van der Waals surface area contributed by atoms with E-state index in [1.54, 1.807) is 0 Å². The number of hydrogen-bond donors (Lipinski definition) is 2. The van der Waals surface area contributed by atoms with E-state index in [9.17, 15) is 26.9 Å². The molecule has 0 radical (unpaired) electrons. The first-order chi connectivity index (χ1) is 15.4. The van der Waals surface area contributed by atoms with E-state index in [-0.39, 0.29) is 27.0 Å². The molecule has 2 heterocycles. The molecule has 33 heavy (non-hydrogen) atoms. The monoisotopic (exact) mass is 497 g/mol. The number of rotatable bonds is 4. The van der Waals surface area contributed by atoms with Gasteiger partial charge in [-0.15, -0.1) is 0 Å². The Balaban J connectivity index is 1.51. The number of aromatic nitrogens is 4. The maximum Gasteiger partial charge on any atom is 0.451 e. The van der Waals surface area contributed by atoms with Crippen LogP contribution in [0.3, 0.4) is 0 Å². The van der Waals surface area contributed by atoms with E-state index < -0.39 is 38.9 Å². The number of fused-ring (bicyclic) bond motifs is 2. The summed E-state index contributed by atoms with van der Waals surface area (Å²) in [4.78, 5) is 10.5. The summed E-state index contributed by atoms with van der Waals surface area (Å²) in [5.41, 5.74) is 4.89. The van der Waals surface area contributed by atoms with Crippen molar-refractivity contribution < 1.29 is 21.6 Å². The van der Waals surface area contributed by atoms with Crippen LogP contribution in [0.5, 0.6) is 0 Å². The number of halogens is 4. The molecule has 2 bridgehead atoms. The number of nitrogen functional groups attached to an aromatic ring is 1. The van der Waals surface area contributed by atoms with Crippen LogP contribution in [0.2, 0.25) is 5.02 Å². The molecule has 0 unspecified atom stereocenters. The number of alkyl halides is 3. The van der Waals surface area contributed by atoms with Crippen molar-refractivity contribution in [2.75, 3.05) is 5.73 Å². The molecule has 3 aromatic rings. The minimum Gasteiger partial charge on any atom is -0.369 e. The first-order valence-electron chi connectivity index (χ1n) is 9.70. The molecule has 0 spiro atoms. The van der Waals surface area contributed by atoms with Gasteiger partial charge in [-0.3, -0.25) is 4.40 Å². The highest BCUT2D eigenvalue weighted by atomic mass is 35.5. The minimum atomic E-state index is -4.81. The Kier molecular flexibility index (Phi) is 4.50. The van der Waals surface area contributed by atoms with Crippen LogP contribution in [0.4, 0.5) is 19.1 Å². The van der Waals surface area contributed by atoms with E-state index >= 15 is 0 Å². The molecule has 6 rings (SSSR count). The SMILES string of the molecule is N#CC12CCC(NS(=O)(=O)c3cc(-c4cn5c(N)nc(C(F)(F)F)nc5n4)ccc3Cl)(C1)C2. The molecule has 3 N–H and O–H groups in total. The van der Waals surface area contributed by atoms with E-state index in [2.05, 4.69) is 25.7 Å². The maximum atomic E-state index is 13.1. The number of hydrogen-bond acceptors (Lipinski definition) is 7. The molecule has 0 saturated heterocycles. The first-order valence-corrected chi connectivity index (χ1v) is 11.6. The van der Waals surface area contributed by atoms with Gasteiger partial charge in [-0.25, -0.2) is 18.1 Å². The molecule has 3 aliphatic carbocycles. The van der Waals surface area contributed by atoms with Gasteiger partial charge in [0.05, 0.1) is 22.2 Å². The molecular formula is C19H15ClF3N7O2S. The van der Waals surface area contributed by atoms with E-state index in [1.807, 2.05) is 0 Å². The smallest absolute Gasteiger partial charge is 0.369 e. The van der Waals surface area contributed by atoms with Gasteiger partial charge >= 0.3 is 6.18 Å². The molecule has 2 aromatic heterocycles. The predicted octanol–water partition coefficient (Wildman–Crippen LogP) is 3.16. The Bertz CT molecular complexity index is 1460. The molecule has 9 nitrogen and oxygen atoms in total. The molecular weight excluding hydrogens is 483 g/mol. The van der Waals surface area contributed by atoms with Gasteiger partial charge in [0, 0.05) is 17.3 Å². The Morgan fingerprint density at radius 3 is 2.58 bits per heavy atom. The third-order valence-electron chi connectivity index (χ3n) is 6.15. The molecule has 0 atom stereocenters. The largest absolute Gasteiger partial charge is 0.451 e. The highest BCUT2D eigenvalue weighted by Gasteiger charge is 2.62. The lowest BCUT2D eigenvalue weighted by atomic mass is 9.66. The Hall–Kier alpha value is -2.95. The van der Waals surface area contributed by atoms with Gasteiger partial charge in [0.2, 0.25) is 27.6 Å². The second kappa shape index (κ2) is 6.78. The molecule has 3 fully saturated rings. The summed E-state index contributed by atoms with van der Waals surface area (Å²) in [6.07, 6.45) is -1.43. The molecule has 3 aliphatic rings. The normalized spacial score (nSPS) is 24.6. The average molecular weight is 498 g/mol. The molecule has 1 aromatic carbocycles. The predicted molar refractivity (Wildman–Crippen MR) is 110 cm³/mol. The van der Waals surface area contributed by atoms with Crippen molar-refractivity contribution in [3.05, 3.63) is 35.2 Å². The van der Waals surface area contributed by atoms with Gasteiger partial charge < -0.3 is 5.73 Å². The van der Waals surface area contributed by atoms with Crippen molar-refractivity contribution in [3.63, 3.8) is 0 Å². The number of sulfonamides is 1. The highest BCUT2D eigenvalue weighted by Crippen LogP contribution is 2.61. The standard InChI is InChI=1S/C19H15ClF3N7O2S/c20-11-2-1-10(12-6-30-15(25)27-14(19(21,22)23)28-16(30)26-12)5-13(11)33(31,32)29-18-4-3-17(7-18,8-18)9-24/h1-2,5-6,29H,3-4,7-8H2,(H2,25,26,27,28). The minimum absolute atomic E-state index is 0.0334. The first kappa shape index (κ1) is 21.9.